The van der Waals surface area contributed by atoms with Crippen LogP contribution in [0.1, 0.15) is 19.8 Å². The van der Waals surface area contributed by atoms with Gasteiger partial charge in [-0.3, -0.25) is 9.69 Å². The first-order valence-electron chi connectivity index (χ1n) is 7.64. The van der Waals surface area contributed by atoms with Gasteiger partial charge >= 0.3 is 0 Å². The predicted octanol–water partition coefficient (Wildman–Crippen LogP) is 2.94. The third kappa shape index (κ3) is 6.19. The number of ether oxygens (including phenoxy) is 1. The van der Waals surface area contributed by atoms with Crippen LogP contribution in [0.4, 0.5) is 5.69 Å². The maximum absolute atomic E-state index is 12.8. The Bertz CT molecular complexity index is 545. The molecule has 5 nitrogen and oxygen atoms in total. The predicted molar refractivity (Wildman–Crippen MR) is 92.6 cm³/mol. The number of anilines is 1. The summed E-state index contributed by atoms with van der Waals surface area (Å²) in [5.74, 6) is -0.0394. The van der Waals surface area contributed by atoms with Crippen molar-refractivity contribution in [2.45, 2.75) is 25.8 Å². The zero-order valence-corrected chi connectivity index (χ0v) is 14.7. The Hall–Kier alpha value is -1.61. The Morgan fingerprint density at radius 3 is 2.78 bits per heavy atom. The Morgan fingerprint density at radius 2 is 2.17 bits per heavy atom. The zero-order valence-electron chi connectivity index (χ0n) is 14.0. The summed E-state index contributed by atoms with van der Waals surface area (Å²) in [4.78, 5) is 16.5. The van der Waals surface area contributed by atoms with E-state index in [1.165, 1.54) is 0 Å². The molecule has 1 amide bonds. The Labute approximate surface area is 143 Å². The molecule has 23 heavy (non-hydrogen) atoms. The van der Waals surface area contributed by atoms with Crippen LogP contribution < -0.4 is 4.90 Å². The van der Waals surface area contributed by atoms with Crippen LogP contribution in [0.5, 0.6) is 0 Å². The molecular weight excluding hydrogens is 314 g/mol. The first-order valence-corrected chi connectivity index (χ1v) is 8.02. The van der Waals surface area contributed by atoms with E-state index in [4.69, 9.17) is 21.6 Å². The molecule has 0 spiro atoms. The summed E-state index contributed by atoms with van der Waals surface area (Å²) in [6.07, 6.45) is 1.14. The molecule has 1 rings (SSSR count). The monoisotopic (exact) mass is 337 g/mol. The van der Waals surface area contributed by atoms with E-state index in [0.29, 0.717) is 18.2 Å². The summed E-state index contributed by atoms with van der Waals surface area (Å²) in [7, 11) is 3.58. The second-order valence-electron chi connectivity index (χ2n) is 5.38. The van der Waals surface area contributed by atoms with Crippen molar-refractivity contribution < 1.29 is 9.53 Å². The number of carbonyl (C=O) groups is 1. The van der Waals surface area contributed by atoms with Crippen LogP contribution in [-0.4, -0.2) is 50.7 Å². The summed E-state index contributed by atoms with van der Waals surface area (Å²) in [6, 6.07) is 8.94. The minimum absolute atomic E-state index is 0.0394. The van der Waals surface area contributed by atoms with Gasteiger partial charge in [0.1, 0.15) is 0 Å². The largest absolute Gasteiger partial charge is 0.385 e. The Kier molecular flexibility index (Phi) is 8.64. The molecule has 0 saturated heterocycles. The number of nitriles is 1. The Morgan fingerprint density at radius 1 is 1.43 bits per heavy atom. The smallest absolute Gasteiger partial charge is 0.244 e. The number of rotatable bonds is 9. The summed E-state index contributed by atoms with van der Waals surface area (Å²) in [6.45, 7) is 3.66. The lowest BCUT2D eigenvalue weighted by atomic mass is 10.2. The molecule has 126 valence electrons. The van der Waals surface area contributed by atoms with Gasteiger partial charge in [0.05, 0.1) is 18.5 Å². The van der Waals surface area contributed by atoms with Gasteiger partial charge in [-0.1, -0.05) is 17.7 Å². The number of amides is 1. The van der Waals surface area contributed by atoms with Gasteiger partial charge in [0, 0.05) is 37.5 Å². The van der Waals surface area contributed by atoms with Crippen molar-refractivity contribution in [2.24, 2.45) is 0 Å². The van der Waals surface area contributed by atoms with Crippen LogP contribution in [0.25, 0.3) is 0 Å². The molecule has 0 bridgehead atoms. The van der Waals surface area contributed by atoms with Gasteiger partial charge in [-0.05, 0) is 38.6 Å². The van der Waals surface area contributed by atoms with Crippen LogP contribution >= 0.6 is 11.6 Å². The number of hydrogen-bond acceptors (Lipinski definition) is 4. The molecular formula is C17H24ClN3O2. The zero-order chi connectivity index (χ0) is 17.2. The van der Waals surface area contributed by atoms with Crippen molar-refractivity contribution in [3.63, 3.8) is 0 Å². The van der Waals surface area contributed by atoms with E-state index in [1.54, 1.807) is 30.2 Å². The van der Waals surface area contributed by atoms with Crippen LogP contribution in [0, 0.1) is 11.3 Å². The van der Waals surface area contributed by atoms with Crippen molar-refractivity contribution >= 4 is 23.2 Å². The number of likely N-dealkylation sites (N-methyl/N-ethyl adjacent to an activating group) is 1. The average Bonchev–Trinajstić information content (AvgIpc) is 2.54. The van der Waals surface area contributed by atoms with E-state index < -0.39 is 0 Å². The highest BCUT2D eigenvalue weighted by molar-refractivity contribution is 6.30. The van der Waals surface area contributed by atoms with Crippen molar-refractivity contribution in [3.05, 3.63) is 29.3 Å². The summed E-state index contributed by atoms with van der Waals surface area (Å²) in [5.41, 5.74) is 0.717. The number of hydrogen-bond donors (Lipinski definition) is 0. The van der Waals surface area contributed by atoms with Gasteiger partial charge in [-0.15, -0.1) is 0 Å². The fourth-order valence-corrected chi connectivity index (χ4v) is 2.42. The second-order valence-corrected chi connectivity index (χ2v) is 5.82. The van der Waals surface area contributed by atoms with Gasteiger partial charge in [-0.25, -0.2) is 0 Å². The van der Waals surface area contributed by atoms with Gasteiger partial charge in [-0.2, -0.15) is 5.26 Å². The lowest BCUT2D eigenvalue weighted by molar-refractivity contribution is -0.122. The molecule has 0 fully saturated rings. The first kappa shape index (κ1) is 19.4. The average molecular weight is 338 g/mol. The quantitative estimate of drug-likeness (QED) is 0.650. The minimum Gasteiger partial charge on any atom is -0.385 e. The molecule has 0 heterocycles. The van der Waals surface area contributed by atoms with E-state index in [0.717, 1.165) is 18.7 Å². The minimum atomic E-state index is -0.287. The third-order valence-electron chi connectivity index (χ3n) is 3.71. The summed E-state index contributed by atoms with van der Waals surface area (Å²) in [5, 5.41) is 9.42. The molecule has 1 unspecified atom stereocenters. The van der Waals surface area contributed by atoms with E-state index >= 15 is 0 Å². The highest BCUT2D eigenvalue weighted by Gasteiger charge is 2.24. The normalized spacial score (nSPS) is 12.0. The van der Waals surface area contributed by atoms with E-state index in [1.807, 2.05) is 24.9 Å². The number of nitrogens with zero attached hydrogens (tertiary/aromatic N) is 3. The fourth-order valence-electron chi connectivity index (χ4n) is 2.24. The lowest BCUT2D eigenvalue weighted by Gasteiger charge is -2.30. The van der Waals surface area contributed by atoms with Gasteiger partial charge in [0.15, 0.2) is 0 Å². The fraction of sp³-hybridized carbons (Fsp3) is 0.529. The summed E-state index contributed by atoms with van der Waals surface area (Å²) >= 11 is 6.03. The van der Waals surface area contributed by atoms with Crippen LogP contribution in [0.3, 0.4) is 0 Å². The number of benzene rings is 1. The molecule has 1 atom stereocenters. The molecule has 0 radical (unpaired) electrons. The van der Waals surface area contributed by atoms with Crippen molar-refractivity contribution in [1.29, 1.82) is 5.26 Å². The molecule has 0 aliphatic carbocycles. The van der Waals surface area contributed by atoms with Crippen molar-refractivity contribution in [1.82, 2.24) is 4.90 Å². The first-order chi connectivity index (χ1) is 11.0. The van der Waals surface area contributed by atoms with Gasteiger partial charge in [0.25, 0.3) is 0 Å². The maximum atomic E-state index is 12.8. The molecule has 1 aromatic carbocycles. The highest BCUT2D eigenvalue weighted by Crippen LogP contribution is 2.21. The van der Waals surface area contributed by atoms with Gasteiger partial charge in [0.2, 0.25) is 5.91 Å². The van der Waals surface area contributed by atoms with E-state index in [-0.39, 0.29) is 18.4 Å². The number of carbonyl (C=O) groups excluding carboxylic acids is 1. The van der Waals surface area contributed by atoms with Crippen LogP contribution in [0.2, 0.25) is 5.02 Å². The molecule has 0 aliphatic rings. The van der Waals surface area contributed by atoms with Crippen molar-refractivity contribution in [2.75, 3.05) is 38.8 Å². The molecule has 0 N–H and O–H groups in total. The molecule has 1 aromatic rings. The third-order valence-corrected chi connectivity index (χ3v) is 3.95. The lowest BCUT2D eigenvalue weighted by Crippen LogP contribution is -2.46. The SMILES string of the molecule is COCCCN(C)C(C)C(=O)N(CCC#N)c1cccc(Cl)c1. The van der Waals surface area contributed by atoms with E-state index in [2.05, 4.69) is 6.07 Å². The topological polar surface area (TPSA) is 56.6 Å². The maximum Gasteiger partial charge on any atom is 0.244 e. The van der Waals surface area contributed by atoms with Gasteiger partial charge < -0.3 is 9.64 Å². The molecule has 0 aromatic heterocycles. The van der Waals surface area contributed by atoms with E-state index in [9.17, 15) is 4.79 Å². The molecule has 0 saturated carbocycles. The second kappa shape index (κ2) is 10.2. The summed E-state index contributed by atoms with van der Waals surface area (Å²) < 4.78 is 5.04. The highest BCUT2D eigenvalue weighted by atomic mass is 35.5. The molecule has 6 heteroatoms. The van der Waals surface area contributed by atoms with Crippen LogP contribution in [-0.2, 0) is 9.53 Å². The van der Waals surface area contributed by atoms with Crippen molar-refractivity contribution in [3.8, 4) is 6.07 Å². The standard InChI is InChI=1S/C17H24ClN3O2/c1-14(20(2)10-6-12-23-3)17(22)21(11-5-9-19)16-8-4-7-15(18)13-16/h4,7-8,13-14H,5-6,10-12H2,1-3H3. The van der Waals surface area contributed by atoms with Crippen LogP contribution in [0.15, 0.2) is 24.3 Å². The molecule has 0 aliphatic heterocycles. The number of methoxy groups -OCH3 is 1. The number of halogens is 1. The Balaban J connectivity index is 2.84.